The van der Waals surface area contributed by atoms with Crippen LogP contribution in [0, 0.1) is 18.6 Å². The quantitative estimate of drug-likeness (QED) is 0.547. The monoisotopic (exact) mass is 457 g/mol. The van der Waals surface area contributed by atoms with Gasteiger partial charge in [-0.05, 0) is 66.4 Å². The molecule has 3 rings (SSSR count). The highest BCUT2D eigenvalue weighted by atomic mass is 32.2. The molecule has 1 atom stereocenters. The minimum Gasteiger partial charge on any atom is -0.223 e. The second kappa shape index (κ2) is 8.31. The zero-order valence-corrected chi connectivity index (χ0v) is 17.6. The van der Waals surface area contributed by atoms with Crippen LogP contribution in [-0.4, -0.2) is 23.4 Å². The number of nitrogens with one attached hydrogen (secondary N) is 1. The lowest BCUT2D eigenvalue weighted by atomic mass is 10.2. The maximum absolute atomic E-state index is 13.3. The minimum atomic E-state index is -4.08. The first-order valence-corrected chi connectivity index (χ1v) is 12.3. The average molecular weight is 458 g/mol. The van der Waals surface area contributed by atoms with Crippen LogP contribution in [0.4, 0.5) is 8.78 Å². The van der Waals surface area contributed by atoms with Crippen molar-refractivity contribution in [3.05, 3.63) is 82.1 Å². The first-order valence-electron chi connectivity index (χ1n) is 8.40. The van der Waals surface area contributed by atoms with E-state index in [2.05, 4.69) is 4.72 Å². The molecular formula is C19H17F2NO4S3. The van der Waals surface area contributed by atoms with E-state index in [-0.39, 0.29) is 15.4 Å². The van der Waals surface area contributed by atoms with Crippen LogP contribution < -0.4 is 4.72 Å². The van der Waals surface area contributed by atoms with Gasteiger partial charge in [-0.15, -0.1) is 11.3 Å². The Labute approximate surface area is 172 Å². The minimum absolute atomic E-state index is 0.116. The molecule has 0 unspecified atom stereocenters. The van der Waals surface area contributed by atoms with E-state index in [1.807, 2.05) is 0 Å². The molecule has 0 aliphatic carbocycles. The van der Waals surface area contributed by atoms with Crippen LogP contribution in [0.2, 0.25) is 0 Å². The average Bonchev–Trinajstić information content (AvgIpc) is 3.15. The summed E-state index contributed by atoms with van der Waals surface area (Å²) in [5.74, 6) is -1.15. The summed E-state index contributed by atoms with van der Waals surface area (Å²) in [6.45, 7) is 1.02. The van der Waals surface area contributed by atoms with E-state index < -0.39 is 43.3 Å². The summed E-state index contributed by atoms with van der Waals surface area (Å²) in [6.07, 6.45) is 0. The Balaban J connectivity index is 1.94. The molecule has 5 nitrogen and oxygen atoms in total. The number of thiophene rings is 1. The first kappa shape index (κ1) is 21.6. The van der Waals surface area contributed by atoms with Gasteiger partial charge in [-0.3, -0.25) is 0 Å². The van der Waals surface area contributed by atoms with Crippen LogP contribution >= 0.6 is 11.3 Å². The molecule has 0 bridgehead atoms. The van der Waals surface area contributed by atoms with Crippen LogP contribution in [0.5, 0.6) is 0 Å². The molecule has 0 amide bonds. The van der Waals surface area contributed by atoms with E-state index in [0.29, 0.717) is 4.88 Å². The van der Waals surface area contributed by atoms with Gasteiger partial charge in [-0.1, -0.05) is 6.07 Å². The molecule has 10 heteroatoms. The Morgan fingerprint density at radius 2 is 1.62 bits per heavy atom. The molecule has 0 radical (unpaired) electrons. The van der Waals surface area contributed by atoms with Gasteiger partial charge in [0, 0.05) is 11.4 Å². The predicted octanol–water partition coefficient (Wildman–Crippen LogP) is 3.83. The summed E-state index contributed by atoms with van der Waals surface area (Å²) in [6, 6.07) is 10.8. The highest BCUT2D eigenvalue weighted by Crippen LogP contribution is 2.32. The van der Waals surface area contributed by atoms with Crippen LogP contribution in [0.25, 0.3) is 0 Å². The van der Waals surface area contributed by atoms with E-state index in [1.54, 1.807) is 17.5 Å². The van der Waals surface area contributed by atoms with E-state index in [4.69, 9.17) is 0 Å². The molecule has 0 saturated heterocycles. The lowest BCUT2D eigenvalue weighted by molar-refractivity contribution is 0.568. The first-order chi connectivity index (χ1) is 13.6. The summed E-state index contributed by atoms with van der Waals surface area (Å²) in [4.78, 5) is 0.185. The van der Waals surface area contributed by atoms with Crippen molar-refractivity contribution in [2.45, 2.75) is 22.0 Å². The number of hydrogen-bond donors (Lipinski definition) is 1. The van der Waals surface area contributed by atoms with Crippen molar-refractivity contribution >= 4 is 31.2 Å². The van der Waals surface area contributed by atoms with E-state index in [0.717, 1.165) is 42.5 Å². The normalized spacial score (nSPS) is 13.3. The standard InChI is InChI=1S/C19H17F2NO4S3/c1-13-11-15(21)6-9-18(13)29(25,26)22-12-19(17-3-2-10-27-17)28(23,24)16-7-4-14(20)5-8-16/h2-11,19,22H,12H2,1H3/t19-/m1/s1. The molecule has 1 heterocycles. The number of rotatable bonds is 7. The van der Waals surface area contributed by atoms with Crippen LogP contribution in [0.1, 0.15) is 15.7 Å². The maximum atomic E-state index is 13.3. The van der Waals surface area contributed by atoms with Gasteiger partial charge in [0.2, 0.25) is 10.0 Å². The van der Waals surface area contributed by atoms with E-state index in [1.165, 1.54) is 18.3 Å². The largest absolute Gasteiger partial charge is 0.240 e. The van der Waals surface area contributed by atoms with Gasteiger partial charge in [0.05, 0.1) is 9.79 Å². The van der Waals surface area contributed by atoms with E-state index >= 15 is 0 Å². The summed E-state index contributed by atoms with van der Waals surface area (Å²) < 4.78 is 80.4. The van der Waals surface area contributed by atoms with Gasteiger partial charge >= 0.3 is 0 Å². The van der Waals surface area contributed by atoms with Gasteiger partial charge in [0.1, 0.15) is 16.9 Å². The molecule has 0 spiro atoms. The SMILES string of the molecule is Cc1cc(F)ccc1S(=O)(=O)NC[C@H](c1cccs1)S(=O)(=O)c1ccc(F)cc1. The third-order valence-electron chi connectivity index (χ3n) is 4.26. The lowest BCUT2D eigenvalue weighted by Crippen LogP contribution is -2.32. The van der Waals surface area contributed by atoms with Crippen molar-refractivity contribution in [2.75, 3.05) is 6.54 Å². The molecule has 1 aromatic heterocycles. The highest BCUT2D eigenvalue weighted by Gasteiger charge is 2.32. The zero-order valence-electron chi connectivity index (χ0n) is 15.2. The van der Waals surface area contributed by atoms with Gasteiger partial charge in [-0.2, -0.15) is 0 Å². The Morgan fingerprint density at radius 1 is 0.966 bits per heavy atom. The van der Waals surface area contributed by atoms with E-state index in [9.17, 15) is 25.6 Å². The molecule has 0 aliphatic rings. The Hall–Kier alpha value is -2.14. The Morgan fingerprint density at radius 3 is 2.21 bits per heavy atom. The smallest absolute Gasteiger partial charge is 0.223 e. The van der Waals surface area contributed by atoms with Crippen LogP contribution in [-0.2, 0) is 19.9 Å². The van der Waals surface area contributed by atoms with Gasteiger partial charge in [-0.25, -0.2) is 30.3 Å². The molecule has 1 N–H and O–H groups in total. The van der Waals surface area contributed by atoms with Gasteiger partial charge in [0.15, 0.2) is 9.84 Å². The van der Waals surface area contributed by atoms with Crippen molar-refractivity contribution in [2.24, 2.45) is 0 Å². The highest BCUT2D eigenvalue weighted by molar-refractivity contribution is 7.92. The topological polar surface area (TPSA) is 80.3 Å². The fourth-order valence-electron chi connectivity index (χ4n) is 2.80. The summed E-state index contributed by atoms with van der Waals surface area (Å²) in [5, 5.41) is 0.477. The second-order valence-electron chi connectivity index (χ2n) is 6.26. The third kappa shape index (κ3) is 4.72. The lowest BCUT2D eigenvalue weighted by Gasteiger charge is -2.18. The third-order valence-corrected chi connectivity index (χ3v) is 9.08. The number of halogens is 2. The summed E-state index contributed by atoms with van der Waals surface area (Å²) in [7, 11) is -8.08. The predicted molar refractivity (Wildman–Crippen MR) is 107 cm³/mol. The van der Waals surface area contributed by atoms with Crippen LogP contribution in [0.3, 0.4) is 0 Å². The number of benzene rings is 2. The van der Waals surface area contributed by atoms with Gasteiger partial charge in [0.25, 0.3) is 0 Å². The summed E-state index contributed by atoms with van der Waals surface area (Å²) in [5.41, 5.74) is 0.201. The molecule has 0 aliphatic heterocycles. The maximum Gasteiger partial charge on any atom is 0.240 e. The number of sulfonamides is 1. The molecule has 154 valence electrons. The Kier molecular flexibility index (Phi) is 6.18. The molecule has 0 fully saturated rings. The molecule has 2 aromatic carbocycles. The van der Waals surface area contributed by atoms with Crippen LogP contribution in [0.15, 0.2) is 69.8 Å². The zero-order chi connectivity index (χ0) is 21.2. The van der Waals surface area contributed by atoms with Crippen molar-refractivity contribution in [3.8, 4) is 0 Å². The van der Waals surface area contributed by atoms with Crippen molar-refractivity contribution in [3.63, 3.8) is 0 Å². The van der Waals surface area contributed by atoms with Gasteiger partial charge < -0.3 is 0 Å². The number of aryl methyl sites for hydroxylation is 1. The number of sulfone groups is 1. The second-order valence-corrected chi connectivity index (χ2v) is 11.1. The van der Waals surface area contributed by atoms with Crippen molar-refractivity contribution in [1.29, 1.82) is 0 Å². The molecular weight excluding hydrogens is 440 g/mol. The fraction of sp³-hybridized carbons (Fsp3) is 0.158. The van der Waals surface area contributed by atoms with Crippen molar-refractivity contribution in [1.82, 2.24) is 4.72 Å². The Bertz CT molecular complexity index is 1210. The molecule has 29 heavy (non-hydrogen) atoms. The fourth-order valence-corrected chi connectivity index (χ4v) is 6.97. The number of hydrogen-bond acceptors (Lipinski definition) is 5. The summed E-state index contributed by atoms with van der Waals surface area (Å²) >= 11 is 1.17. The van der Waals surface area contributed by atoms with Crippen molar-refractivity contribution < 1.29 is 25.6 Å². The molecule has 3 aromatic rings. The molecule has 0 saturated carbocycles.